The lowest BCUT2D eigenvalue weighted by Gasteiger charge is -2.09. The molecule has 0 atom stereocenters. The molecule has 0 spiro atoms. The topological polar surface area (TPSA) is 29.1 Å². The first-order valence-corrected chi connectivity index (χ1v) is 7.72. The minimum absolute atomic E-state index is 0.0178. The molecule has 3 heteroatoms. The Kier molecular flexibility index (Phi) is 4.96. The number of halogens is 1. The molecule has 1 amide bonds. The van der Waals surface area contributed by atoms with Crippen molar-refractivity contribution in [2.24, 2.45) is 0 Å². The van der Waals surface area contributed by atoms with Gasteiger partial charge < -0.3 is 5.32 Å². The van der Waals surface area contributed by atoms with Crippen LogP contribution in [0.1, 0.15) is 32.6 Å². The third-order valence-corrected chi connectivity index (χ3v) is 4.13. The summed E-state index contributed by atoms with van der Waals surface area (Å²) in [5, 5.41) is 3.82. The van der Waals surface area contributed by atoms with Crippen LogP contribution in [-0.4, -0.2) is 5.91 Å². The van der Waals surface area contributed by atoms with E-state index in [9.17, 15) is 4.79 Å². The second-order valence-corrected chi connectivity index (χ2v) is 5.44. The predicted molar refractivity (Wildman–Crippen MR) is 86.2 cm³/mol. The molecule has 20 heavy (non-hydrogen) atoms. The molecule has 0 aliphatic rings. The first-order valence-electron chi connectivity index (χ1n) is 6.60. The van der Waals surface area contributed by atoms with Gasteiger partial charge >= 0.3 is 0 Å². The van der Waals surface area contributed by atoms with Gasteiger partial charge in [-0.2, -0.15) is 0 Å². The van der Waals surface area contributed by atoms with Gasteiger partial charge in [0.15, 0.2) is 0 Å². The summed E-state index contributed by atoms with van der Waals surface area (Å²) in [7, 11) is 0. The van der Waals surface area contributed by atoms with Crippen molar-refractivity contribution in [3.05, 3.63) is 70.3 Å². The number of benzene rings is 2. The van der Waals surface area contributed by atoms with Gasteiger partial charge in [-0.15, -0.1) is 0 Å². The zero-order chi connectivity index (χ0) is 14.5. The van der Waals surface area contributed by atoms with Gasteiger partial charge in [-0.25, -0.2) is 0 Å². The van der Waals surface area contributed by atoms with Crippen molar-refractivity contribution in [3.63, 3.8) is 0 Å². The number of nitrogens with one attached hydrogen (secondary N) is 1. The monoisotopic (exact) mass is 331 g/mol. The molecular formula is C17H18BrNO. The van der Waals surface area contributed by atoms with Crippen molar-refractivity contribution < 1.29 is 4.79 Å². The highest BCUT2D eigenvalue weighted by atomic mass is 79.9. The quantitative estimate of drug-likeness (QED) is 0.838. The molecule has 2 rings (SSSR count). The molecular weight excluding hydrogens is 314 g/mol. The number of aryl methyl sites for hydroxylation is 1. The Balaban J connectivity index is 2.02. The van der Waals surface area contributed by atoms with E-state index < -0.39 is 0 Å². The van der Waals surface area contributed by atoms with Crippen LogP contribution < -0.4 is 5.32 Å². The van der Waals surface area contributed by atoms with Crippen LogP contribution in [0.3, 0.4) is 0 Å². The highest BCUT2D eigenvalue weighted by molar-refractivity contribution is 9.08. The number of hydrogen-bond donors (Lipinski definition) is 1. The Morgan fingerprint density at radius 3 is 2.35 bits per heavy atom. The third kappa shape index (κ3) is 3.48. The van der Waals surface area contributed by atoms with Gasteiger partial charge in [-0.1, -0.05) is 52.3 Å². The first kappa shape index (κ1) is 14.8. The molecule has 0 unspecified atom stereocenters. The highest BCUT2D eigenvalue weighted by Gasteiger charge is 2.09. The minimum Gasteiger partial charge on any atom is -0.348 e. The Morgan fingerprint density at radius 2 is 1.70 bits per heavy atom. The fraction of sp³-hybridized carbons (Fsp3) is 0.235. The first-order chi connectivity index (χ1) is 9.61. The fourth-order valence-corrected chi connectivity index (χ4v) is 2.39. The largest absolute Gasteiger partial charge is 0.348 e. The van der Waals surface area contributed by atoms with Crippen LogP contribution in [-0.2, 0) is 11.9 Å². The zero-order valence-corrected chi connectivity index (χ0v) is 13.3. The maximum Gasteiger partial charge on any atom is 0.251 e. The molecule has 2 aromatic rings. The number of alkyl halides is 1. The summed E-state index contributed by atoms with van der Waals surface area (Å²) in [6.07, 6.45) is 0. The molecule has 0 aliphatic heterocycles. The molecule has 0 heterocycles. The van der Waals surface area contributed by atoms with E-state index in [-0.39, 0.29) is 5.91 Å². The van der Waals surface area contributed by atoms with E-state index in [1.165, 1.54) is 5.56 Å². The van der Waals surface area contributed by atoms with Gasteiger partial charge in [-0.05, 0) is 42.2 Å². The number of carbonyl (C=O) groups excluding carboxylic acids is 1. The summed E-state index contributed by atoms with van der Waals surface area (Å²) >= 11 is 3.42. The van der Waals surface area contributed by atoms with Crippen LogP contribution in [0.5, 0.6) is 0 Å². The molecule has 0 fully saturated rings. The van der Waals surface area contributed by atoms with Gasteiger partial charge in [0.05, 0.1) is 0 Å². The molecule has 0 aliphatic carbocycles. The summed E-state index contributed by atoms with van der Waals surface area (Å²) in [5.41, 5.74) is 5.27. The van der Waals surface area contributed by atoms with Crippen LogP contribution in [0, 0.1) is 13.8 Å². The number of carbonyl (C=O) groups is 1. The average molecular weight is 332 g/mol. The number of hydrogen-bond acceptors (Lipinski definition) is 1. The maximum atomic E-state index is 12.2. The maximum absolute atomic E-state index is 12.2. The smallest absolute Gasteiger partial charge is 0.251 e. The Labute approximate surface area is 128 Å². The molecule has 2 aromatic carbocycles. The normalized spacial score (nSPS) is 10.3. The molecule has 0 saturated carbocycles. The summed E-state index contributed by atoms with van der Waals surface area (Å²) in [5.74, 6) is -0.0178. The van der Waals surface area contributed by atoms with E-state index in [1.807, 2.05) is 44.2 Å². The lowest BCUT2D eigenvalue weighted by molar-refractivity contribution is 0.0950. The van der Waals surface area contributed by atoms with E-state index in [1.54, 1.807) is 0 Å². The van der Waals surface area contributed by atoms with E-state index in [2.05, 4.69) is 33.4 Å². The van der Waals surface area contributed by atoms with Crippen molar-refractivity contribution in [3.8, 4) is 0 Å². The zero-order valence-electron chi connectivity index (χ0n) is 11.7. The van der Waals surface area contributed by atoms with E-state index in [4.69, 9.17) is 0 Å². The Morgan fingerprint density at radius 1 is 1.05 bits per heavy atom. The van der Waals surface area contributed by atoms with E-state index >= 15 is 0 Å². The molecule has 104 valence electrons. The molecule has 1 N–H and O–H groups in total. The van der Waals surface area contributed by atoms with Gasteiger partial charge in [0, 0.05) is 17.4 Å². The van der Waals surface area contributed by atoms with Crippen molar-refractivity contribution in [1.29, 1.82) is 0 Å². The number of rotatable bonds is 4. The molecule has 0 saturated heterocycles. The van der Waals surface area contributed by atoms with E-state index in [0.29, 0.717) is 6.54 Å². The van der Waals surface area contributed by atoms with Gasteiger partial charge in [0.2, 0.25) is 0 Å². The molecule has 0 radical (unpaired) electrons. The summed E-state index contributed by atoms with van der Waals surface area (Å²) < 4.78 is 0. The summed E-state index contributed by atoms with van der Waals surface area (Å²) in [6, 6.07) is 14.0. The Hall–Kier alpha value is -1.61. The van der Waals surface area contributed by atoms with Crippen molar-refractivity contribution in [2.75, 3.05) is 0 Å². The Bertz CT molecular complexity index is 605. The third-order valence-electron chi connectivity index (χ3n) is 3.48. The van der Waals surface area contributed by atoms with Crippen molar-refractivity contribution >= 4 is 21.8 Å². The molecule has 0 bridgehead atoms. The second kappa shape index (κ2) is 6.71. The fourth-order valence-electron chi connectivity index (χ4n) is 2.02. The summed E-state index contributed by atoms with van der Waals surface area (Å²) in [6.45, 7) is 4.55. The lowest BCUT2D eigenvalue weighted by Crippen LogP contribution is -2.23. The predicted octanol–water partition coefficient (Wildman–Crippen LogP) is 4.13. The lowest BCUT2D eigenvalue weighted by atomic mass is 10.0. The van der Waals surface area contributed by atoms with Crippen LogP contribution in [0.2, 0.25) is 0 Å². The average Bonchev–Trinajstić information content (AvgIpc) is 2.48. The molecule has 0 aromatic heterocycles. The van der Waals surface area contributed by atoms with Gasteiger partial charge in [0.1, 0.15) is 0 Å². The van der Waals surface area contributed by atoms with Gasteiger partial charge in [-0.3, -0.25) is 4.79 Å². The van der Waals surface area contributed by atoms with Crippen molar-refractivity contribution in [1.82, 2.24) is 5.32 Å². The van der Waals surface area contributed by atoms with Crippen LogP contribution in [0.15, 0.2) is 42.5 Å². The van der Waals surface area contributed by atoms with Crippen LogP contribution in [0.25, 0.3) is 0 Å². The number of amides is 1. The summed E-state index contributed by atoms with van der Waals surface area (Å²) in [4.78, 5) is 12.2. The van der Waals surface area contributed by atoms with E-state index in [0.717, 1.165) is 27.6 Å². The van der Waals surface area contributed by atoms with Gasteiger partial charge in [0.25, 0.3) is 5.91 Å². The van der Waals surface area contributed by atoms with Crippen LogP contribution in [0.4, 0.5) is 0 Å². The minimum atomic E-state index is -0.0178. The standard InChI is InChI=1S/C17H18BrNO/c1-12-4-3-5-16(13(12)2)17(20)19-11-15-8-6-14(10-18)7-9-15/h3-9H,10-11H2,1-2H3,(H,19,20). The highest BCUT2D eigenvalue weighted by Crippen LogP contribution is 2.13. The van der Waals surface area contributed by atoms with Crippen molar-refractivity contribution in [2.45, 2.75) is 25.7 Å². The molecule has 2 nitrogen and oxygen atoms in total. The SMILES string of the molecule is Cc1cccc(C(=O)NCc2ccc(CBr)cc2)c1C. The van der Waals surface area contributed by atoms with Crippen LogP contribution >= 0.6 is 15.9 Å². The second-order valence-electron chi connectivity index (χ2n) is 4.88.